The Labute approximate surface area is 136 Å². The number of carbonyl (C=O) groups is 2. The maximum Gasteiger partial charge on any atom is 0.408 e. The van der Waals surface area contributed by atoms with Crippen molar-refractivity contribution in [2.24, 2.45) is 0 Å². The van der Waals surface area contributed by atoms with E-state index in [1.165, 1.54) is 0 Å². The normalized spacial score (nSPS) is 12.2. The molecule has 6 nitrogen and oxygen atoms in total. The summed E-state index contributed by atoms with van der Waals surface area (Å²) in [6.45, 7) is 8.75. The second kappa shape index (κ2) is 7.14. The van der Waals surface area contributed by atoms with E-state index in [2.05, 4.69) is 11.4 Å². The average Bonchev–Trinajstić information content (AvgIpc) is 2.38. The van der Waals surface area contributed by atoms with Gasteiger partial charge in [-0.1, -0.05) is 0 Å². The van der Waals surface area contributed by atoms with Crippen LogP contribution in [0.3, 0.4) is 0 Å². The van der Waals surface area contributed by atoms with Gasteiger partial charge in [-0.25, -0.2) is 9.59 Å². The second-order valence-corrected chi connectivity index (χ2v) is 6.44. The zero-order chi connectivity index (χ0) is 17.8. The minimum absolute atomic E-state index is 0.123. The summed E-state index contributed by atoms with van der Waals surface area (Å²) in [5.74, 6) is -1.14. The number of alkyl carbamates (subject to hydrolysis) is 1. The van der Waals surface area contributed by atoms with Crippen LogP contribution in [0.15, 0.2) is 12.1 Å². The molecular formula is C17H22N2O4. The number of ether oxygens (including phenoxy) is 1. The standard InChI is InChI=1S/C17H22N2O4/c1-10-6-12(9-18)7-11(2)13(10)8-14(15(20)21)19-16(22)23-17(3,4)5/h6-7,14H,8H2,1-5H3,(H,19,22)(H,20,21). The molecular weight excluding hydrogens is 296 g/mol. The number of nitrogens with zero attached hydrogens (tertiary/aromatic N) is 1. The molecule has 0 fully saturated rings. The highest BCUT2D eigenvalue weighted by Crippen LogP contribution is 2.18. The van der Waals surface area contributed by atoms with E-state index < -0.39 is 23.7 Å². The molecule has 0 aliphatic carbocycles. The van der Waals surface area contributed by atoms with Crippen LogP contribution in [-0.4, -0.2) is 28.8 Å². The highest BCUT2D eigenvalue weighted by molar-refractivity contribution is 5.80. The molecule has 0 saturated carbocycles. The van der Waals surface area contributed by atoms with Crippen molar-refractivity contribution in [1.82, 2.24) is 5.32 Å². The quantitative estimate of drug-likeness (QED) is 0.889. The van der Waals surface area contributed by atoms with Crippen LogP contribution in [0.25, 0.3) is 0 Å². The molecule has 0 bridgehead atoms. The van der Waals surface area contributed by atoms with Crippen LogP contribution < -0.4 is 5.32 Å². The van der Waals surface area contributed by atoms with Crippen molar-refractivity contribution < 1.29 is 19.4 Å². The molecule has 1 aromatic rings. The highest BCUT2D eigenvalue weighted by atomic mass is 16.6. The smallest absolute Gasteiger partial charge is 0.408 e. The molecule has 2 N–H and O–H groups in total. The summed E-state index contributed by atoms with van der Waals surface area (Å²) in [5, 5.41) is 20.7. The number of benzene rings is 1. The van der Waals surface area contributed by atoms with E-state index in [-0.39, 0.29) is 6.42 Å². The van der Waals surface area contributed by atoms with Gasteiger partial charge in [0.25, 0.3) is 0 Å². The van der Waals surface area contributed by atoms with Gasteiger partial charge in [-0.05, 0) is 63.4 Å². The van der Waals surface area contributed by atoms with Gasteiger partial charge in [0.05, 0.1) is 11.6 Å². The van der Waals surface area contributed by atoms with Crippen LogP contribution in [0.4, 0.5) is 4.79 Å². The molecule has 0 aliphatic heterocycles. The van der Waals surface area contributed by atoms with Crippen LogP contribution in [0, 0.1) is 25.2 Å². The van der Waals surface area contributed by atoms with E-state index in [1.807, 2.05) is 13.8 Å². The predicted octanol–water partition coefficient (Wildman–Crippen LogP) is 2.70. The lowest BCUT2D eigenvalue weighted by molar-refractivity contribution is -0.139. The van der Waals surface area contributed by atoms with Crippen LogP contribution in [0.1, 0.15) is 43.0 Å². The third-order valence-corrected chi connectivity index (χ3v) is 3.22. The summed E-state index contributed by atoms with van der Waals surface area (Å²) in [7, 11) is 0. The van der Waals surface area contributed by atoms with Gasteiger partial charge >= 0.3 is 12.1 Å². The Kier molecular flexibility index (Phi) is 5.74. The van der Waals surface area contributed by atoms with Gasteiger partial charge in [0, 0.05) is 6.42 Å². The Hall–Kier alpha value is -2.55. The number of amides is 1. The van der Waals surface area contributed by atoms with Crippen LogP contribution in [-0.2, 0) is 16.0 Å². The van der Waals surface area contributed by atoms with E-state index in [9.17, 15) is 14.7 Å². The van der Waals surface area contributed by atoms with Crippen LogP contribution in [0.5, 0.6) is 0 Å². The fraction of sp³-hybridized carbons (Fsp3) is 0.471. The fourth-order valence-corrected chi connectivity index (χ4v) is 2.23. The summed E-state index contributed by atoms with van der Waals surface area (Å²) in [4.78, 5) is 23.2. The van der Waals surface area contributed by atoms with Gasteiger partial charge in [-0.3, -0.25) is 0 Å². The van der Waals surface area contributed by atoms with Gasteiger partial charge in [0.1, 0.15) is 11.6 Å². The maximum absolute atomic E-state index is 11.8. The number of carboxylic acid groups (broad SMARTS) is 1. The molecule has 0 radical (unpaired) electrons. The molecule has 0 heterocycles. The molecule has 0 aromatic heterocycles. The van der Waals surface area contributed by atoms with E-state index in [1.54, 1.807) is 32.9 Å². The lowest BCUT2D eigenvalue weighted by Crippen LogP contribution is -2.44. The minimum atomic E-state index is -1.14. The van der Waals surface area contributed by atoms with Gasteiger partial charge in [-0.15, -0.1) is 0 Å². The molecule has 1 unspecified atom stereocenters. The molecule has 1 aromatic carbocycles. The van der Waals surface area contributed by atoms with Crippen molar-refractivity contribution >= 4 is 12.1 Å². The molecule has 1 atom stereocenters. The predicted molar refractivity (Wildman–Crippen MR) is 85.1 cm³/mol. The largest absolute Gasteiger partial charge is 0.480 e. The van der Waals surface area contributed by atoms with Gasteiger partial charge in [0.2, 0.25) is 0 Å². The third kappa shape index (κ3) is 5.62. The first-order valence-electron chi connectivity index (χ1n) is 7.26. The van der Waals surface area contributed by atoms with Crippen molar-refractivity contribution in [3.05, 3.63) is 34.4 Å². The number of rotatable bonds is 4. The Bertz CT molecular complexity index is 631. The molecule has 0 saturated heterocycles. The van der Waals surface area contributed by atoms with Gasteiger partial charge in [-0.2, -0.15) is 5.26 Å². The molecule has 0 aliphatic rings. The number of nitriles is 1. The molecule has 1 amide bonds. The first kappa shape index (κ1) is 18.5. The van der Waals surface area contributed by atoms with E-state index in [4.69, 9.17) is 10.00 Å². The molecule has 6 heteroatoms. The summed E-state index contributed by atoms with van der Waals surface area (Å²) in [6.07, 6.45) is -0.647. The fourth-order valence-electron chi connectivity index (χ4n) is 2.23. The maximum atomic E-state index is 11.8. The first-order chi connectivity index (χ1) is 10.5. The molecule has 1 rings (SSSR count). The topological polar surface area (TPSA) is 99.4 Å². The Morgan fingerprint density at radius 2 is 1.83 bits per heavy atom. The zero-order valence-electron chi connectivity index (χ0n) is 14.1. The van der Waals surface area contributed by atoms with Gasteiger partial charge in [0.15, 0.2) is 0 Å². The van der Waals surface area contributed by atoms with Crippen molar-refractivity contribution in [2.45, 2.75) is 52.7 Å². The second-order valence-electron chi connectivity index (χ2n) is 6.44. The van der Waals surface area contributed by atoms with Crippen molar-refractivity contribution in [3.63, 3.8) is 0 Å². The Morgan fingerprint density at radius 3 is 2.22 bits per heavy atom. The minimum Gasteiger partial charge on any atom is -0.480 e. The number of nitrogens with one attached hydrogen (secondary N) is 1. The number of hydrogen-bond donors (Lipinski definition) is 2. The Morgan fingerprint density at radius 1 is 1.30 bits per heavy atom. The lowest BCUT2D eigenvalue weighted by atomic mass is 9.94. The van der Waals surface area contributed by atoms with Crippen molar-refractivity contribution in [2.75, 3.05) is 0 Å². The number of hydrogen-bond acceptors (Lipinski definition) is 4. The highest BCUT2D eigenvalue weighted by Gasteiger charge is 2.25. The van der Waals surface area contributed by atoms with Gasteiger partial charge < -0.3 is 15.2 Å². The lowest BCUT2D eigenvalue weighted by Gasteiger charge is -2.22. The monoisotopic (exact) mass is 318 g/mol. The number of aryl methyl sites for hydroxylation is 2. The third-order valence-electron chi connectivity index (χ3n) is 3.22. The SMILES string of the molecule is Cc1cc(C#N)cc(C)c1CC(NC(=O)OC(C)(C)C)C(=O)O. The van der Waals surface area contributed by atoms with E-state index >= 15 is 0 Å². The molecule has 124 valence electrons. The van der Waals surface area contributed by atoms with E-state index in [0.717, 1.165) is 16.7 Å². The number of aliphatic carboxylic acids is 1. The average molecular weight is 318 g/mol. The van der Waals surface area contributed by atoms with E-state index in [0.29, 0.717) is 5.56 Å². The van der Waals surface area contributed by atoms with Crippen molar-refractivity contribution in [3.8, 4) is 6.07 Å². The summed E-state index contributed by atoms with van der Waals surface area (Å²) in [6, 6.07) is 4.37. The summed E-state index contributed by atoms with van der Waals surface area (Å²) < 4.78 is 5.10. The van der Waals surface area contributed by atoms with Crippen molar-refractivity contribution in [1.29, 1.82) is 5.26 Å². The van der Waals surface area contributed by atoms with Crippen LogP contribution in [0.2, 0.25) is 0 Å². The molecule has 0 spiro atoms. The van der Waals surface area contributed by atoms with Crippen LogP contribution >= 0.6 is 0 Å². The summed E-state index contributed by atoms with van der Waals surface area (Å²) in [5.41, 5.74) is 2.26. The zero-order valence-corrected chi connectivity index (χ0v) is 14.1. The molecule has 23 heavy (non-hydrogen) atoms. The number of carbonyl (C=O) groups excluding carboxylic acids is 1. The first-order valence-corrected chi connectivity index (χ1v) is 7.26. The number of carboxylic acids is 1. The Balaban J connectivity index is 2.96. The summed E-state index contributed by atoms with van der Waals surface area (Å²) >= 11 is 0.